The van der Waals surface area contributed by atoms with E-state index in [9.17, 15) is 4.79 Å². The van der Waals surface area contributed by atoms with Crippen molar-refractivity contribution in [2.24, 2.45) is 5.11 Å². The first-order chi connectivity index (χ1) is 10.8. The Kier molecular flexibility index (Phi) is 6.43. The summed E-state index contributed by atoms with van der Waals surface area (Å²) in [5, 5.41) is 4.13. The Balaban J connectivity index is 2.04. The number of hydrogen-bond acceptors (Lipinski definition) is 4. The molecule has 0 aliphatic rings. The van der Waals surface area contributed by atoms with Gasteiger partial charge in [-0.1, -0.05) is 37.7 Å². The van der Waals surface area contributed by atoms with E-state index in [2.05, 4.69) is 21.9 Å². The molecule has 2 heterocycles. The highest BCUT2D eigenvalue weighted by Crippen LogP contribution is 2.22. The Morgan fingerprint density at radius 3 is 2.95 bits per heavy atom. The molecule has 0 atom stereocenters. The Morgan fingerprint density at radius 1 is 1.36 bits per heavy atom. The van der Waals surface area contributed by atoms with Crippen molar-refractivity contribution in [1.82, 2.24) is 9.55 Å². The zero-order valence-corrected chi connectivity index (χ0v) is 13.7. The molecule has 22 heavy (non-hydrogen) atoms. The molecule has 2 rings (SSSR count). The van der Waals surface area contributed by atoms with E-state index in [1.54, 1.807) is 17.7 Å². The SMILES string of the molecule is CCCCCCCc1cc2c(=O)n(CCN=[N+]=[N-])cnc2s1. The van der Waals surface area contributed by atoms with Gasteiger partial charge in [0, 0.05) is 22.9 Å². The first kappa shape index (κ1) is 16.5. The van der Waals surface area contributed by atoms with Gasteiger partial charge < -0.3 is 0 Å². The van der Waals surface area contributed by atoms with Gasteiger partial charge in [0.2, 0.25) is 0 Å². The van der Waals surface area contributed by atoms with Crippen molar-refractivity contribution in [1.29, 1.82) is 0 Å². The van der Waals surface area contributed by atoms with Crippen LogP contribution in [0.3, 0.4) is 0 Å². The van der Waals surface area contributed by atoms with Gasteiger partial charge in [0.1, 0.15) is 4.83 Å². The van der Waals surface area contributed by atoms with Gasteiger partial charge in [-0.15, -0.1) is 11.3 Å². The molecule has 0 aliphatic heterocycles. The molecule has 0 fully saturated rings. The standard InChI is InChI=1S/C15H21N5OS/c1-2-3-4-5-6-7-12-10-13-14(22-12)17-11-20(15(13)21)9-8-18-19-16/h10-11H,2-9H2,1H3. The van der Waals surface area contributed by atoms with Crippen LogP contribution >= 0.6 is 11.3 Å². The summed E-state index contributed by atoms with van der Waals surface area (Å²) < 4.78 is 1.51. The smallest absolute Gasteiger partial charge is 0.262 e. The van der Waals surface area contributed by atoms with E-state index in [0.29, 0.717) is 11.9 Å². The van der Waals surface area contributed by atoms with Crippen LogP contribution in [0, 0.1) is 0 Å². The highest BCUT2D eigenvalue weighted by atomic mass is 32.1. The molecule has 0 aromatic carbocycles. The van der Waals surface area contributed by atoms with E-state index in [1.165, 1.54) is 35.1 Å². The molecule has 0 aliphatic carbocycles. The third-order valence-corrected chi connectivity index (χ3v) is 4.70. The normalized spacial score (nSPS) is 10.8. The highest BCUT2D eigenvalue weighted by Gasteiger charge is 2.08. The second-order valence-corrected chi connectivity index (χ2v) is 6.41. The van der Waals surface area contributed by atoms with Crippen LogP contribution in [0.5, 0.6) is 0 Å². The minimum absolute atomic E-state index is 0.0494. The fraction of sp³-hybridized carbons (Fsp3) is 0.600. The predicted molar refractivity (Wildman–Crippen MR) is 90.4 cm³/mol. The van der Waals surface area contributed by atoms with Crippen LogP contribution < -0.4 is 5.56 Å². The van der Waals surface area contributed by atoms with Crippen LogP contribution in [0.25, 0.3) is 20.7 Å². The van der Waals surface area contributed by atoms with E-state index in [-0.39, 0.29) is 12.1 Å². The molecule has 0 saturated heterocycles. The number of azide groups is 1. The van der Waals surface area contributed by atoms with E-state index in [4.69, 9.17) is 5.53 Å². The van der Waals surface area contributed by atoms with Gasteiger partial charge >= 0.3 is 0 Å². The van der Waals surface area contributed by atoms with Crippen molar-refractivity contribution in [3.05, 3.63) is 38.1 Å². The molecule has 0 amide bonds. The van der Waals surface area contributed by atoms with E-state index >= 15 is 0 Å². The molecule has 0 radical (unpaired) electrons. The van der Waals surface area contributed by atoms with Crippen LogP contribution in [0.4, 0.5) is 0 Å². The molecule has 118 valence electrons. The summed E-state index contributed by atoms with van der Waals surface area (Å²) >= 11 is 1.61. The van der Waals surface area contributed by atoms with Crippen LogP contribution in [-0.2, 0) is 13.0 Å². The fourth-order valence-electron chi connectivity index (χ4n) is 2.39. The Hall–Kier alpha value is -1.85. The van der Waals surface area contributed by atoms with Gasteiger partial charge in [-0.3, -0.25) is 9.36 Å². The maximum Gasteiger partial charge on any atom is 0.262 e. The third-order valence-electron chi connectivity index (χ3n) is 3.60. The summed E-state index contributed by atoms with van der Waals surface area (Å²) in [5.41, 5.74) is 8.23. The largest absolute Gasteiger partial charge is 0.299 e. The summed E-state index contributed by atoms with van der Waals surface area (Å²) in [4.78, 5) is 21.4. The maximum absolute atomic E-state index is 12.3. The number of aryl methyl sites for hydroxylation is 1. The maximum atomic E-state index is 12.3. The summed E-state index contributed by atoms with van der Waals surface area (Å²) in [6.07, 6.45) is 8.80. The molecular weight excluding hydrogens is 298 g/mol. The van der Waals surface area contributed by atoms with Gasteiger partial charge in [-0.2, -0.15) is 0 Å². The third kappa shape index (κ3) is 4.32. The summed E-state index contributed by atoms with van der Waals surface area (Å²) in [5.74, 6) is 0. The average molecular weight is 319 g/mol. The number of nitrogens with zero attached hydrogens (tertiary/aromatic N) is 5. The first-order valence-corrected chi connectivity index (χ1v) is 8.56. The van der Waals surface area contributed by atoms with Crippen LogP contribution in [0.15, 0.2) is 22.3 Å². The number of fused-ring (bicyclic) bond motifs is 1. The topological polar surface area (TPSA) is 83.7 Å². The lowest BCUT2D eigenvalue weighted by molar-refractivity contribution is 0.634. The Labute approximate surface area is 133 Å². The molecule has 2 aromatic heterocycles. The van der Waals surface area contributed by atoms with Gasteiger partial charge in [0.05, 0.1) is 11.7 Å². The summed E-state index contributed by atoms with van der Waals surface area (Å²) in [6, 6.07) is 1.97. The molecule has 0 N–H and O–H groups in total. The Bertz CT molecular complexity index is 714. The molecule has 0 bridgehead atoms. The number of unbranched alkanes of at least 4 members (excludes halogenated alkanes) is 4. The zero-order chi connectivity index (χ0) is 15.8. The lowest BCUT2D eigenvalue weighted by atomic mass is 10.1. The molecule has 0 spiro atoms. The molecule has 0 unspecified atom stereocenters. The molecule has 2 aromatic rings. The van der Waals surface area contributed by atoms with Crippen LogP contribution in [0.1, 0.15) is 43.9 Å². The van der Waals surface area contributed by atoms with Crippen LogP contribution in [-0.4, -0.2) is 16.1 Å². The fourth-order valence-corrected chi connectivity index (χ4v) is 3.42. The molecule has 6 nitrogen and oxygen atoms in total. The van der Waals surface area contributed by atoms with E-state index < -0.39 is 0 Å². The summed E-state index contributed by atoms with van der Waals surface area (Å²) in [7, 11) is 0. The van der Waals surface area contributed by atoms with Crippen molar-refractivity contribution in [3.8, 4) is 0 Å². The molecular formula is C15H21N5OS. The minimum atomic E-state index is -0.0494. The second kappa shape index (κ2) is 8.56. The van der Waals surface area contributed by atoms with Crippen molar-refractivity contribution < 1.29 is 0 Å². The quantitative estimate of drug-likeness (QED) is 0.299. The van der Waals surface area contributed by atoms with E-state index in [0.717, 1.165) is 17.7 Å². The van der Waals surface area contributed by atoms with Crippen LogP contribution in [0.2, 0.25) is 0 Å². The van der Waals surface area contributed by atoms with Gasteiger partial charge in [0.15, 0.2) is 0 Å². The lowest BCUT2D eigenvalue weighted by Gasteiger charge is -2.01. The van der Waals surface area contributed by atoms with Crippen molar-refractivity contribution in [2.75, 3.05) is 6.54 Å². The highest BCUT2D eigenvalue weighted by molar-refractivity contribution is 7.18. The molecule has 0 saturated carbocycles. The number of rotatable bonds is 9. The second-order valence-electron chi connectivity index (χ2n) is 5.29. The predicted octanol–water partition coefficient (Wildman–Crippen LogP) is 4.28. The number of hydrogen-bond donors (Lipinski definition) is 0. The van der Waals surface area contributed by atoms with Gasteiger partial charge in [-0.05, 0) is 24.4 Å². The van der Waals surface area contributed by atoms with Gasteiger partial charge in [0.25, 0.3) is 5.56 Å². The zero-order valence-electron chi connectivity index (χ0n) is 12.9. The average Bonchev–Trinajstić information content (AvgIpc) is 2.93. The number of thiophene rings is 1. The van der Waals surface area contributed by atoms with E-state index in [1.807, 2.05) is 6.07 Å². The molecule has 7 heteroatoms. The minimum Gasteiger partial charge on any atom is -0.299 e. The van der Waals surface area contributed by atoms with Crippen molar-refractivity contribution in [2.45, 2.75) is 52.0 Å². The Morgan fingerprint density at radius 2 is 2.18 bits per heavy atom. The van der Waals surface area contributed by atoms with Gasteiger partial charge in [-0.25, -0.2) is 4.98 Å². The summed E-state index contributed by atoms with van der Waals surface area (Å²) in [6.45, 7) is 2.84. The first-order valence-electron chi connectivity index (χ1n) is 7.75. The van der Waals surface area contributed by atoms with Crippen molar-refractivity contribution >= 4 is 21.6 Å². The lowest BCUT2D eigenvalue weighted by Crippen LogP contribution is -2.21. The number of aromatic nitrogens is 2. The monoisotopic (exact) mass is 319 g/mol. The van der Waals surface area contributed by atoms with Crippen molar-refractivity contribution in [3.63, 3.8) is 0 Å².